The Morgan fingerprint density at radius 1 is 1.12 bits per heavy atom. The zero-order valence-corrected chi connectivity index (χ0v) is 19.5. The standard InChI is InChI=1S/C25H32N6O3/c1-15-16-7-19-9-17(15)10-20(8-16)25(19,18-5-3-2-4-6-18)11-23(32)31-13-21(14-31)34-24(33)26-12-22-27-29-30-28-22/h2-6,15-17,19-21H,7-14H2,1H3,(H,26,33)(H,27,28,29,30). The molecule has 1 aliphatic heterocycles. The van der Waals surface area contributed by atoms with Gasteiger partial charge in [-0.05, 0) is 60.8 Å². The molecule has 9 heteroatoms. The minimum Gasteiger partial charge on any atom is -0.442 e. The van der Waals surface area contributed by atoms with Gasteiger partial charge in [0.1, 0.15) is 6.10 Å². The van der Waals surface area contributed by atoms with E-state index in [1.54, 1.807) is 0 Å². The van der Waals surface area contributed by atoms with Gasteiger partial charge in [-0.15, -0.1) is 10.2 Å². The average molecular weight is 465 g/mol. The van der Waals surface area contributed by atoms with E-state index in [0.29, 0.717) is 37.2 Å². The molecule has 1 aromatic carbocycles. The molecule has 4 saturated carbocycles. The van der Waals surface area contributed by atoms with Gasteiger partial charge in [-0.1, -0.05) is 42.5 Å². The minimum absolute atomic E-state index is 0.0562. The van der Waals surface area contributed by atoms with Crippen LogP contribution in [0.3, 0.4) is 0 Å². The molecule has 2 heterocycles. The topological polar surface area (TPSA) is 113 Å². The minimum atomic E-state index is -0.530. The highest BCUT2D eigenvalue weighted by Crippen LogP contribution is 2.65. The normalized spacial score (nSPS) is 34.0. The van der Waals surface area contributed by atoms with Crippen molar-refractivity contribution in [2.75, 3.05) is 13.1 Å². The summed E-state index contributed by atoms with van der Waals surface area (Å²) in [7, 11) is 0. The Kier molecular flexibility index (Phi) is 5.30. The number of nitrogens with one attached hydrogen (secondary N) is 2. The zero-order valence-electron chi connectivity index (χ0n) is 19.5. The van der Waals surface area contributed by atoms with Crippen molar-refractivity contribution >= 4 is 12.0 Å². The molecule has 5 fully saturated rings. The van der Waals surface area contributed by atoms with E-state index in [0.717, 1.165) is 17.8 Å². The fourth-order valence-corrected chi connectivity index (χ4v) is 7.56. The molecule has 34 heavy (non-hydrogen) atoms. The van der Waals surface area contributed by atoms with Crippen LogP contribution in [0.1, 0.15) is 50.4 Å². The van der Waals surface area contributed by atoms with Crippen molar-refractivity contribution in [1.29, 1.82) is 0 Å². The number of likely N-dealkylation sites (tertiary alicyclic amines) is 1. The van der Waals surface area contributed by atoms with E-state index in [2.05, 4.69) is 63.2 Å². The van der Waals surface area contributed by atoms with Crippen molar-refractivity contribution in [2.45, 2.75) is 57.1 Å². The molecule has 1 aromatic heterocycles. The third-order valence-electron chi connectivity index (χ3n) is 9.30. The van der Waals surface area contributed by atoms with Crippen LogP contribution in [-0.4, -0.2) is 56.7 Å². The number of aromatic nitrogens is 4. The first-order valence-corrected chi connectivity index (χ1v) is 12.5. The van der Waals surface area contributed by atoms with Crippen molar-refractivity contribution in [2.24, 2.45) is 29.6 Å². The fraction of sp³-hybridized carbons (Fsp3) is 0.640. The van der Waals surface area contributed by atoms with Crippen LogP contribution in [0.5, 0.6) is 0 Å². The monoisotopic (exact) mass is 464 g/mol. The van der Waals surface area contributed by atoms with Gasteiger partial charge in [-0.25, -0.2) is 4.79 Å². The summed E-state index contributed by atoms with van der Waals surface area (Å²) >= 11 is 0. The lowest BCUT2D eigenvalue weighted by Gasteiger charge is -2.64. The fourth-order valence-electron chi connectivity index (χ4n) is 7.56. The van der Waals surface area contributed by atoms with E-state index < -0.39 is 6.09 Å². The van der Waals surface area contributed by atoms with E-state index in [1.165, 1.54) is 31.2 Å². The van der Waals surface area contributed by atoms with Crippen LogP contribution >= 0.6 is 0 Å². The molecule has 2 aromatic rings. The number of hydrogen-bond donors (Lipinski definition) is 2. The van der Waals surface area contributed by atoms with E-state index in [1.807, 2.05) is 4.90 Å². The smallest absolute Gasteiger partial charge is 0.407 e. The Labute approximate surface area is 199 Å². The second kappa shape index (κ2) is 8.36. The van der Waals surface area contributed by atoms with Gasteiger partial charge in [-0.3, -0.25) is 4.79 Å². The molecule has 5 aliphatic rings. The summed E-state index contributed by atoms with van der Waals surface area (Å²) < 4.78 is 5.44. The summed E-state index contributed by atoms with van der Waals surface area (Å²) in [4.78, 5) is 27.4. The SMILES string of the molecule is CC1C2CC3CC1CC(C2)C3(CC(=O)N1CC(OC(=O)NCc2nn[nH]n2)C1)c1ccccc1. The summed E-state index contributed by atoms with van der Waals surface area (Å²) in [5.41, 5.74) is 1.29. The van der Waals surface area contributed by atoms with E-state index >= 15 is 0 Å². The van der Waals surface area contributed by atoms with Gasteiger partial charge in [0, 0.05) is 11.8 Å². The molecule has 180 valence electrons. The molecule has 9 nitrogen and oxygen atoms in total. The van der Waals surface area contributed by atoms with Crippen LogP contribution < -0.4 is 5.32 Å². The van der Waals surface area contributed by atoms with Crippen molar-refractivity contribution in [1.82, 2.24) is 30.8 Å². The highest BCUT2D eigenvalue weighted by Gasteiger charge is 2.60. The summed E-state index contributed by atoms with van der Waals surface area (Å²) in [6, 6.07) is 10.8. The van der Waals surface area contributed by atoms with Gasteiger partial charge >= 0.3 is 6.09 Å². The molecule has 1 saturated heterocycles. The maximum Gasteiger partial charge on any atom is 0.407 e. The molecular weight excluding hydrogens is 432 g/mol. The molecule has 0 radical (unpaired) electrons. The summed E-state index contributed by atoms with van der Waals surface area (Å²) in [6.07, 6.45) is 4.77. The van der Waals surface area contributed by atoms with Gasteiger partial charge in [0.2, 0.25) is 5.91 Å². The van der Waals surface area contributed by atoms with Gasteiger partial charge in [0.25, 0.3) is 0 Å². The zero-order chi connectivity index (χ0) is 23.3. The number of carbonyl (C=O) groups excluding carboxylic acids is 2. The number of amides is 2. The maximum atomic E-state index is 13.5. The van der Waals surface area contributed by atoms with Crippen molar-refractivity contribution in [3.63, 3.8) is 0 Å². The number of ether oxygens (including phenoxy) is 1. The van der Waals surface area contributed by atoms with E-state index in [4.69, 9.17) is 4.74 Å². The first kappa shape index (κ1) is 21.6. The summed E-state index contributed by atoms with van der Waals surface area (Å²) in [5.74, 6) is 4.22. The lowest BCUT2D eigenvalue weighted by Crippen LogP contribution is -2.61. The van der Waals surface area contributed by atoms with Crippen LogP contribution in [0, 0.1) is 29.6 Å². The van der Waals surface area contributed by atoms with Crippen molar-refractivity contribution < 1.29 is 14.3 Å². The van der Waals surface area contributed by atoms with Crippen LogP contribution in [0.2, 0.25) is 0 Å². The molecule has 4 aliphatic carbocycles. The average Bonchev–Trinajstić information content (AvgIpc) is 3.32. The Bertz CT molecular complexity index is 1010. The van der Waals surface area contributed by atoms with Crippen LogP contribution in [0.15, 0.2) is 30.3 Å². The molecule has 2 amide bonds. The predicted molar refractivity (Wildman–Crippen MR) is 122 cm³/mol. The van der Waals surface area contributed by atoms with Crippen LogP contribution in [-0.2, 0) is 21.5 Å². The Balaban J connectivity index is 1.10. The molecule has 0 spiro atoms. The third kappa shape index (κ3) is 3.56. The quantitative estimate of drug-likeness (QED) is 0.680. The molecular formula is C25H32N6O3. The number of H-pyrrole nitrogens is 1. The summed E-state index contributed by atoms with van der Waals surface area (Å²) in [6.45, 7) is 3.50. The predicted octanol–water partition coefficient (Wildman–Crippen LogP) is 2.67. The number of nitrogens with zero attached hydrogens (tertiary/aromatic N) is 4. The number of tetrazole rings is 1. The number of benzene rings is 1. The van der Waals surface area contributed by atoms with E-state index in [9.17, 15) is 9.59 Å². The largest absolute Gasteiger partial charge is 0.442 e. The van der Waals surface area contributed by atoms with Crippen LogP contribution in [0.4, 0.5) is 4.79 Å². The number of hydrogen-bond acceptors (Lipinski definition) is 6. The second-order valence-corrected chi connectivity index (χ2v) is 10.8. The van der Waals surface area contributed by atoms with Gasteiger partial charge < -0.3 is 15.0 Å². The van der Waals surface area contributed by atoms with Crippen molar-refractivity contribution in [3.05, 3.63) is 41.7 Å². The molecule has 7 rings (SSSR count). The Hall–Kier alpha value is -2.97. The first-order chi connectivity index (χ1) is 16.5. The maximum absolute atomic E-state index is 13.5. The van der Waals surface area contributed by atoms with Gasteiger partial charge in [-0.2, -0.15) is 5.21 Å². The number of alkyl carbamates (subject to hydrolysis) is 1. The Morgan fingerprint density at radius 3 is 2.41 bits per heavy atom. The lowest BCUT2D eigenvalue weighted by atomic mass is 9.41. The van der Waals surface area contributed by atoms with Crippen molar-refractivity contribution in [3.8, 4) is 0 Å². The number of rotatable bonds is 6. The molecule has 4 bridgehead atoms. The highest BCUT2D eigenvalue weighted by atomic mass is 16.6. The number of carbonyl (C=O) groups is 2. The van der Waals surface area contributed by atoms with E-state index in [-0.39, 0.29) is 24.0 Å². The Morgan fingerprint density at radius 2 is 1.79 bits per heavy atom. The lowest BCUT2D eigenvalue weighted by molar-refractivity contribution is -0.151. The highest BCUT2D eigenvalue weighted by molar-refractivity contribution is 5.79. The molecule has 0 unspecified atom stereocenters. The van der Waals surface area contributed by atoms with Gasteiger partial charge in [0.15, 0.2) is 5.82 Å². The second-order valence-electron chi connectivity index (χ2n) is 10.8. The third-order valence-corrected chi connectivity index (χ3v) is 9.30. The molecule has 2 N–H and O–H groups in total. The molecule has 0 atom stereocenters. The van der Waals surface area contributed by atoms with Crippen LogP contribution in [0.25, 0.3) is 0 Å². The van der Waals surface area contributed by atoms with Gasteiger partial charge in [0.05, 0.1) is 19.6 Å². The number of aromatic amines is 1. The summed E-state index contributed by atoms with van der Waals surface area (Å²) in [5, 5.41) is 16.0. The first-order valence-electron chi connectivity index (χ1n) is 12.5.